The number of hydrogen-bond acceptors (Lipinski definition) is 4. The van der Waals surface area contributed by atoms with Gasteiger partial charge in [-0.3, -0.25) is 13.9 Å². The minimum Gasteiger partial charge on any atom is -0.350 e. The van der Waals surface area contributed by atoms with E-state index in [4.69, 9.17) is 0 Å². The van der Waals surface area contributed by atoms with Crippen molar-refractivity contribution in [1.29, 1.82) is 0 Å². The van der Waals surface area contributed by atoms with Crippen molar-refractivity contribution >= 4 is 33.2 Å². The van der Waals surface area contributed by atoms with Gasteiger partial charge in [-0.25, -0.2) is 8.42 Å². The van der Waals surface area contributed by atoms with E-state index < -0.39 is 22.5 Å². The number of anilines is 2. The SMILES string of the molecule is Cc1ccc(N(CC(=O)Nc2ccccc2C(=O)NC(C)C)S(C)(=O)=O)c(C)c1. The van der Waals surface area contributed by atoms with E-state index in [-0.39, 0.29) is 11.9 Å². The van der Waals surface area contributed by atoms with Crippen LogP contribution < -0.4 is 14.9 Å². The molecule has 2 N–H and O–H groups in total. The van der Waals surface area contributed by atoms with E-state index in [1.54, 1.807) is 43.3 Å². The van der Waals surface area contributed by atoms with Gasteiger partial charge >= 0.3 is 0 Å². The lowest BCUT2D eigenvalue weighted by atomic mass is 10.1. The number of benzene rings is 2. The Balaban J connectivity index is 2.27. The molecule has 0 saturated carbocycles. The summed E-state index contributed by atoms with van der Waals surface area (Å²) in [7, 11) is -3.69. The minimum atomic E-state index is -3.69. The molecule has 0 fully saturated rings. The van der Waals surface area contributed by atoms with Crippen molar-refractivity contribution in [3.8, 4) is 0 Å². The van der Waals surface area contributed by atoms with Crippen LogP contribution in [0.2, 0.25) is 0 Å². The molecule has 0 aliphatic rings. The Morgan fingerprint density at radius 1 is 1.07 bits per heavy atom. The second-order valence-electron chi connectivity index (χ2n) is 7.28. The van der Waals surface area contributed by atoms with E-state index in [1.165, 1.54) is 0 Å². The van der Waals surface area contributed by atoms with Gasteiger partial charge in [0, 0.05) is 6.04 Å². The number of para-hydroxylation sites is 1. The Morgan fingerprint density at radius 3 is 2.31 bits per heavy atom. The van der Waals surface area contributed by atoms with E-state index >= 15 is 0 Å². The number of aryl methyl sites for hydroxylation is 2. The van der Waals surface area contributed by atoms with Crippen LogP contribution in [0.5, 0.6) is 0 Å². The number of nitrogens with zero attached hydrogens (tertiary/aromatic N) is 1. The molecule has 0 saturated heterocycles. The van der Waals surface area contributed by atoms with Crippen LogP contribution in [0.15, 0.2) is 42.5 Å². The van der Waals surface area contributed by atoms with Crippen LogP contribution in [0, 0.1) is 13.8 Å². The summed E-state index contributed by atoms with van der Waals surface area (Å²) in [4.78, 5) is 25.0. The largest absolute Gasteiger partial charge is 0.350 e. The highest BCUT2D eigenvalue weighted by molar-refractivity contribution is 7.92. The van der Waals surface area contributed by atoms with Crippen molar-refractivity contribution in [1.82, 2.24) is 5.32 Å². The smallest absolute Gasteiger partial charge is 0.253 e. The topological polar surface area (TPSA) is 95.6 Å². The van der Waals surface area contributed by atoms with Gasteiger partial charge in [0.2, 0.25) is 15.9 Å². The molecule has 0 aliphatic heterocycles. The standard InChI is InChI=1S/C21H27N3O4S/c1-14(2)22-21(26)17-8-6-7-9-18(17)23-20(25)13-24(29(5,27)28)19-11-10-15(3)12-16(19)4/h6-12,14H,13H2,1-5H3,(H,22,26)(H,23,25). The Morgan fingerprint density at radius 2 is 1.72 bits per heavy atom. The molecule has 2 aromatic carbocycles. The summed E-state index contributed by atoms with van der Waals surface area (Å²) in [5.74, 6) is -0.856. The number of hydrogen-bond donors (Lipinski definition) is 2. The van der Waals surface area contributed by atoms with Gasteiger partial charge in [-0.05, 0) is 51.5 Å². The molecule has 0 aliphatic carbocycles. The fourth-order valence-corrected chi connectivity index (χ4v) is 3.83. The second kappa shape index (κ2) is 9.09. The number of amides is 2. The summed E-state index contributed by atoms with van der Waals surface area (Å²) in [6, 6.07) is 11.9. The highest BCUT2D eigenvalue weighted by atomic mass is 32.2. The Hall–Kier alpha value is -2.87. The fraction of sp³-hybridized carbons (Fsp3) is 0.333. The van der Waals surface area contributed by atoms with Gasteiger partial charge in [0.1, 0.15) is 6.54 Å². The zero-order valence-electron chi connectivity index (χ0n) is 17.3. The highest BCUT2D eigenvalue weighted by Crippen LogP contribution is 2.24. The summed E-state index contributed by atoms with van der Waals surface area (Å²) in [5, 5.41) is 5.44. The monoisotopic (exact) mass is 417 g/mol. The van der Waals surface area contributed by atoms with Gasteiger partial charge in [0.05, 0.1) is 23.2 Å². The van der Waals surface area contributed by atoms with Crippen LogP contribution in [-0.4, -0.2) is 39.1 Å². The minimum absolute atomic E-state index is 0.0588. The zero-order chi connectivity index (χ0) is 21.8. The number of sulfonamides is 1. The molecule has 8 heteroatoms. The van der Waals surface area contributed by atoms with Gasteiger partial charge in [0.15, 0.2) is 0 Å². The molecule has 0 bridgehead atoms. The maximum Gasteiger partial charge on any atom is 0.253 e. The van der Waals surface area contributed by atoms with E-state index in [0.29, 0.717) is 16.9 Å². The molecule has 2 aromatic rings. The number of rotatable bonds is 7. The van der Waals surface area contributed by atoms with E-state index in [9.17, 15) is 18.0 Å². The van der Waals surface area contributed by atoms with Crippen LogP contribution in [0.4, 0.5) is 11.4 Å². The highest BCUT2D eigenvalue weighted by Gasteiger charge is 2.23. The molecule has 0 heterocycles. The maximum absolute atomic E-state index is 12.7. The molecule has 156 valence electrons. The molecule has 2 amide bonds. The normalized spacial score (nSPS) is 11.2. The third-order valence-electron chi connectivity index (χ3n) is 4.17. The molecule has 2 rings (SSSR count). The Labute approximate surface area is 172 Å². The van der Waals surface area contributed by atoms with Gasteiger partial charge in [-0.2, -0.15) is 0 Å². The first-order chi connectivity index (χ1) is 13.5. The third kappa shape index (κ3) is 6.05. The van der Waals surface area contributed by atoms with E-state index in [0.717, 1.165) is 21.7 Å². The van der Waals surface area contributed by atoms with E-state index in [2.05, 4.69) is 10.6 Å². The Kier molecular flexibility index (Phi) is 7.02. The molecule has 0 aromatic heterocycles. The maximum atomic E-state index is 12.7. The van der Waals surface area contributed by atoms with Gasteiger partial charge in [-0.1, -0.05) is 29.8 Å². The van der Waals surface area contributed by atoms with Crippen LogP contribution in [-0.2, 0) is 14.8 Å². The summed E-state index contributed by atoms with van der Waals surface area (Å²) in [5.41, 5.74) is 2.82. The Bertz CT molecular complexity index is 1020. The molecule has 0 spiro atoms. The first-order valence-electron chi connectivity index (χ1n) is 9.23. The molecule has 29 heavy (non-hydrogen) atoms. The molecule has 0 atom stereocenters. The van der Waals surface area contributed by atoms with Crippen molar-refractivity contribution in [2.75, 3.05) is 22.4 Å². The van der Waals surface area contributed by atoms with Crippen LogP contribution in [0.25, 0.3) is 0 Å². The van der Waals surface area contributed by atoms with Crippen molar-refractivity contribution in [3.05, 3.63) is 59.2 Å². The summed E-state index contributed by atoms with van der Waals surface area (Å²) in [6.45, 7) is 6.99. The van der Waals surface area contributed by atoms with Gasteiger partial charge < -0.3 is 10.6 Å². The lowest BCUT2D eigenvalue weighted by molar-refractivity contribution is -0.114. The van der Waals surface area contributed by atoms with Crippen molar-refractivity contribution in [2.24, 2.45) is 0 Å². The first kappa shape index (κ1) is 22.4. The molecule has 7 nitrogen and oxygen atoms in total. The van der Waals surface area contributed by atoms with Crippen LogP contribution >= 0.6 is 0 Å². The van der Waals surface area contributed by atoms with Crippen molar-refractivity contribution in [3.63, 3.8) is 0 Å². The summed E-state index contributed by atoms with van der Waals surface area (Å²) < 4.78 is 25.7. The zero-order valence-corrected chi connectivity index (χ0v) is 18.1. The number of carbonyl (C=O) groups excluding carboxylic acids is 2. The molecule has 0 radical (unpaired) electrons. The lowest BCUT2D eigenvalue weighted by Crippen LogP contribution is -2.38. The van der Waals surface area contributed by atoms with Gasteiger partial charge in [-0.15, -0.1) is 0 Å². The number of nitrogens with one attached hydrogen (secondary N) is 2. The average molecular weight is 418 g/mol. The van der Waals surface area contributed by atoms with Crippen molar-refractivity contribution in [2.45, 2.75) is 33.7 Å². The summed E-state index contributed by atoms with van der Waals surface area (Å²) in [6.07, 6.45) is 1.06. The first-order valence-corrected chi connectivity index (χ1v) is 11.1. The number of carbonyl (C=O) groups is 2. The quantitative estimate of drug-likeness (QED) is 0.724. The summed E-state index contributed by atoms with van der Waals surface area (Å²) >= 11 is 0. The van der Waals surface area contributed by atoms with E-state index in [1.807, 2.05) is 26.8 Å². The molecular weight excluding hydrogens is 390 g/mol. The molecule has 0 unspecified atom stereocenters. The van der Waals surface area contributed by atoms with Crippen LogP contribution in [0.3, 0.4) is 0 Å². The van der Waals surface area contributed by atoms with Crippen molar-refractivity contribution < 1.29 is 18.0 Å². The molecular formula is C21H27N3O4S. The predicted octanol–water partition coefficient (Wildman–Crippen LogP) is 2.85. The predicted molar refractivity (Wildman–Crippen MR) is 116 cm³/mol. The fourth-order valence-electron chi connectivity index (χ4n) is 2.92. The second-order valence-corrected chi connectivity index (χ2v) is 9.19. The van der Waals surface area contributed by atoms with Crippen LogP contribution in [0.1, 0.15) is 35.3 Å². The van der Waals surface area contributed by atoms with Gasteiger partial charge in [0.25, 0.3) is 5.91 Å². The lowest BCUT2D eigenvalue weighted by Gasteiger charge is -2.24. The average Bonchev–Trinajstić information content (AvgIpc) is 2.59. The third-order valence-corrected chi connectivity index (χ3v) is 5.30.